The minimum atomic E-state index is -0.400. The zero-order valence-corrected chi connectivity index (χ0v) is 10.2. The van der Waals surface area contributed by atoms with Crippen molar-refractivity contribution < 1.29 is 4.79 Å². The smallest absolute Gasteiger partial charge is 0.240 e. The SMILES string of the molecule is CC1=CCCN(C(=O)[C@H](N)C(C)(C)C)C1. The van der Waals surface area contributed by atoms with Gasteiger partial charge in [-0.25, -0.2) is 0 Å². The lowest BCUT2D eigenvalue weighted by molar-refractivity contribution is -0.134. The molecule has 3 heteroatoms. The average molecular weight is 210 g/mol. The van der Waals surface area contributed by atoms with E-state index in [1.165, 1.54) is 5.57 Å². The van der Waals surface area contributed by atoms with E-state index in [4.69, 9.17) is 5.73 Å². The van der Waals surface area contributed by atoms with Gasteiger partial charge in [0, 0.05) is 13.1 Å². The quantitative estimate of drug-likeness (QED) is 0.667. The topological polar surface area (TPSA) is 46.3 Å². The molecule has 1 rings (SSSR count). The highest BCUT2D eigenvalue weighted by molar-refractivity contribution is 5.82. The Labute approximate surface area is 92.3 Å². The van der Waals surface area contributed by atoms with Crippen LogP contribution in [0.2, 0.25) is 0 Å². The molecule has 15 heavy (non-hydrogen) atoms. The second-order valence-corrected chi connectivity index (χ2v) is 5.44. The first kappa shape index (κ1) is 12.2. The minimum Gasteiger partial charge on any atom is -0.337 e. The molecule has 1 heterocycles. The summed E-state index contributed by atoms with van der Waals surface area (Å²) in [6, 6.07) is -0.400. The summed E-state index contributed by atoms with van der Waals surface area (Å²) in [5.74, 6) is 0.0787. The van der Waals surface area contributed by atoms with Crippen LogP contribution in [0.15, 0.2) is 11.6 Å². The Bertz CT molecular complexity index is 276. The molecule has 0 saturated heterocycles. The van der Waals surface area contributed by atoms with E-state index < -0.39 is 6.04 Å². The Kier molecular flexibility index (Phi) is 3.55. The second kappa shape index (κ2) is 4.35. The van der Waals surface area contributed by atoms with Crippen LogP contribution in [0.1, 0.15) is 34.1 Å². The Morgan fingerprint density at radius 3 is 2.60 bits per heavy atom. The lowest BCUT2D eigenvalue weighted by Gasteiger charge is -2.33. The normalized spacial score (nSPS) is 19.8. The Hall–Kier alpha value is -0.830. The number of rotatable bonds is 1. The van der Waals surface area contributed by atoms with Crippen molar-refractivity contribution in [3.63, 3.8) is 0 Å². The summed E-state index contributed by atoms with van der Waals surface area (Å²) in [6.07, 6.45) is 3.14. The minimum absolute atomic E-state index is 0.0787. The molecular formula is C12H22N2O. The first-order chi connectivity index (χ1) is 6.82. The number of hydrogen-bond donors (Lipinski definition) is 1. The van der Waals surface area contributed by atoms with Crippen LogP contribution >= 0.6 is 0 Å². The molecule has 0 aromatic rings. The number of hydrogen-bond acceptors (Lipinski definition) is 2. The van der Waals surface area contributed by atoms with E-state index in [1.54, 1.807) is 0 Å². The lowest BCUT2D eigenvalue weighted by Crippen LogP contribution is -2.51. The van der Waals surface area contributed by atoms with Gasteiger partial charge in [0.05, 0.1) is 6.04 Å². The summed E-state index contributed by atoms with van der Waals surface area (Å²) in [5.41, 5.74) is 7.06. The molecule has 0 aromatic heterocycles. The van der Waals surface area contributed by atoms with Gasteiger partial charge in [-0.2, -0.15) is 0 Å². The summed E-state index contributed by atoms with van der Waals surface area (Å²) in [7, 11) is 0. The Morgan fingerprint density at radius 1 is 1.53 bits per heavy atom. The van der Waals surface area contributed by atoms with E-state index in [0.717, 1.165) is 19.5 Å². The highest BCUT2D eigenvalue weighted by atomic mass is 16.2. The molecule has 0 radical (unpaired) electrons. The van der Waals surface area contributed by atoms with Crippen molar-refractivity contribution in [2.24, 2.45) is 11.1 Å². The molecule has 1 aliphatic heterocycles. The summed E-state index contributed by atoms with van der Waals surface area (Å²) in [6.45, 7) is 9.61. The molecule has 0 aromatic carbocycles. The zero-order valence-electron chi connectivity index (χ0n) is 10.2. The van der Waals surface area contributed by atoms with Crippen LogP contribution < -0.4 is 5.73 Å². The van der Waals surface area contributed by atoms with Crippen LogP contribution in [0.25, 0.3) is 0 Å². The number of nitrogens with zero attached hydrogens (tertiary/aromatic N) is 1. The van der Waals surface area contributed by atoms with E-state index in [-0.39, 0.29) is 11.3 Å². The van der Waals surface area contributed by atoms with Gasteiger partial charge >= 0.3 is 0 Å². The van der Waals surface area contributed by atoms with Crippen molar-refractivity contribution in [1.82, 2.24) is 4.90 Å². The van der Waals surface area contributed by atoms with Gasteiger partial charge in [0.15, 0.2) is 0 Å². The fraction of sp³-hybridized carbons (Fsp3) is 0.750. The highest BCUT2D eigenvalue weighted by Gasteiger charge is 2.31. The lowest BCUT2D eigenvalue weighted by atomic mass is 9.86. The molecular weight excluding hydrogens is 188 g/mol. The second-order valence-electron chi connectivity index (χ2n) is 5.44. The van der Waals surface area contributed by atoms with Crippen molar-refractivity contribution in [1.29, 1.82) is 0 Å². The number of carbonyl (C=O) groups is 1. The Morgan fingerprint density at radius 2 is 2.13 bits per heavy atom. The molecule has 2 N–H and O–H groups in total. The maximum atomic E-state index is 12.1. The average Bonchev–Trinajstić information content (AvgIpc) is 2.14. The van der Waals surface area contributed by atoms with E-state index in [9.17, 15) is 4.79 Å². The molecule has 1 atom stereocenters. The summed E-state index contributed by atoms with van der Waals surface area (Å²) < 4.78 is 0. The number of carbonyl (C=O) groups excluding carboxylic acids is 1. The molecule has 0 saturated carbocycles. The van der Waals surface area contributed by atoms with Gasteiger partial charge in [-0.15, -0.1) is 0 Å². The Balaban J connectivity index is 2.66. The van der Waals surface area contributed by atoms with Gasteiger partial charge < -0.3 is 10.6 Å². The van der Waals surface area contributed by atoms with Crippen molar-refractivity contribution in [2.45, 2.75) is 40.2 Å². The van der Waals surface area contributed by atoms with Crippen LogP contribution in [0.4, 0.5) is 0 Å². The van der Waals surface area contributed by atoms with E-state index >= 15 is 0 Å². The molecule has 0 fully saturated rings. The molecule has 1 aliphatic rings. The van der Waals surface area contributed by atoms with Gasteiger partial charge in [-0.1, -0.05) is 32.4 Å². The fourth-order valence-corrected chi connectivity index (χ4v) is 1.67. The summed E-state index contributed by atoms with van der Waals surface area (Å²) >= 11 is 0. The predicted molar refractivity (Wildman–Crippen MR) is 62.4 cm³/mol. The van der Waals surface area contributed by atoms with Crippen LogP contribution in [-0.2, 0) is 4.79 Å². The molecule has 0 aliphatic carbocycles. The van der Waals surface area contributed by atoms with E-state index in [2.05, 4.69) is 13.0 Å². The summed E-state index contributed by atoms with van der Waals surface area (Å²) in [4.78, 5) is 13.9. The molecule has 1 amide bonds. The first-order valence-electron chi connectivity index (χ1n) is 5.52. The van der Waals surface area contributed by atoms with Gasteiger partial charge in [0.25, 0.3) is 0 Å². The maximum Gasteiger partial charge on any atom is 0.240 e. The van der Waals surface area contributed by atoms with E-state index in [0.29, 0.717) is 0 Å². The third kappa shape index (κ3) is 3.06. The molecule has 0 bridgehead atoms. The monoisotopic (exact) mass is 210 g/mol. The van der Waals surface area contributed by atoms with Gasteiger partial charge in [0.1, 0.15) is 0 Å². The van der Waals surface area contributed by atoms with Gasteiger partial charge in [-0.05, 0) is 18.8 Å². The van der Waals surface area contributed by atoms with Crippen molar-refractivity contribution >= 4 is 5.91 Å². The largest absolute Gasteiger partial charge is 0.337 e. The van der Waals surface area contributed by atoms with Crippen LogP contribution in [0.3, 0.4) is 0 Å². The zero-order chi connectivity index (χ0) is 11.6. The third-order valence-electron chi connectivity index (χ3n) is 2.84. The molecule has 86 valence electrons. The van der Waals surface area contributed by atoms with E-state index in [1.807, 2.05) is 25.7 Å². The molecule has 0 spiro atoms. The van der Waals surface area contributed by atoms with Gasteiger partial charge in [-0.3, -0.25) is 4.79 Å². The van der Waals surface area contributed by atoms with Crippen molar-refractivity contribution in [2.75, 3.05) is 13.1 Å². The van der Waals surface area contributed by atoms with Crippen LogP contribution in [0.5, 0.6) is 0 Å². The van der Waals surface area contributed by atoms with Crippen molar-refractivity contribution in [3.8, 4) is 0 Å². The maximum absolute atomic E-state index is 12.1. The fourth-order valence-electron chi connectivity index (χ4n) is 1.67. The highest BCUT2D eigenvalue weighted by Crippen LogP contribution is 2.20. The molecule has 0 unspecified atom stereocenters. The molecule has 3 nitrogen and oxygen atoms in total. The first-order valence-corrected chi connectivity index (χ1v) is 5.52. The number of amides is 1. The number of nitrogens with two attached hydrogens (primary N) is 1. The predicted octanol–water partition coefficient (Wildman–Crippen LogP) is 1.54. The summed E-state index contributed by atoms with van der Waals surface area (Å²) in [5, 5.41) is 0. The van der Waals surface area contributed by atoms with Crippen LogP contribution in [0, 0.1) is 5.41 Å². The third-order valence-corrected chi connectivity index (χ3v) is 2.84. The standard InChI is InChI=1S/C12H22N2O/c1-9-6-5-7-14(8-9)11(15)10(13)12(2,3)4/h6,10H,5,7-8,13H2,1-4H3/t10-/m0/s1. The van der Waals surface area contributed by atoms with Crippen molar-refractivity contribution in [3.05, 3.63) is 11.6 Å². The van der Waals surface area contributed by atoms with Gasteiger partial charge in [0.2, 0.25) is 5.91 Å². The van der Waals surface area contributed by atoms with Crippen LogP contribution in [-0.4, -0.2) is 29.9 Å².